The van der Waals surface area contributed by atoms with E-state index in [0.717, 1.165) is 42.7 Å². The topological polar surface area (TPSA) is 49.4 Å². The number of hydrogen-bond donors (Lipinski definition) is 1. The van der Waals surface area contributed by atoms with Crippen molar-refractivity contribution in [3.63, 3.8) is 0 Å². The minimum Gasteiger partial charge on any atom is -0.326 e. The summed E-state index contributed by atoms with van der Waals surface area (Å²) in [6.45, 7) is 4.43. The Kier molecular flexibility index (Phi) is 5.17. The molecule has 0 saturated heterocycles. The van der Waals surface area contributed by atoms with Crippen LogP contribution in [0.5, 0.6) is 0 Å². The highest BCUT2D eigenvalue weighted by molar-refractivity contribution is 5.95. The quantitative estimate of drug-likeness (QED) is 0.904. The van der Waals surface area contributed by atoms with Crippen LogP contribution in [0.1, 0.15) is 37.0 Å². The van der Waals surface area contributed by atoms with Crippen LogP contribution in [-0.2, 0) is 28.9 Å². The smallest absolute Gasteiger partial charge is 0.224 e. The molecular weight excluding hydrogens is 312 g/mol. The van der Waals surface area contributed by atoms with Crippen LogP contribution in [0.2, 0.25) is 0 Å². The monoisotopic (exact) mass is 336 g/mol. The molecule has 0 aliphatic carbocycles. The van der Waals surface area contributed by atoms with Gasteiger partial charge in [0, 0.05) is 31.3 Å². The zero-order valence-electron chi connectivity index (χ0n) is 14.8. The summed E-state index contributed by atoms with van der Waals surface area (Å²) >= 11 is 0. The number of hydrogen-bond acceptors (Lipinski definition) is 2. The minimum absolute atomic E-state index is 0.0148. The molecule has 0 radical (unpaired) electrons. The van der Waals surface area contributed by atoms with E-state index >= 15 is 0 Å². The molecule has 2 aromatic rings. The van der Waals surface area contributed by atoms with Crippen molar-refractivity contribution in [3.8, 4) is 0 Å². The maximum Gasteiger partial charge on any atom is 0.224 e. The molecule has 4 heteroatoms. The summed E-state index contributed by atoms with van der Waals surface area (Å²) in [5, 5.41) is 2.97. The molecule has 4 nitrogen and oxygen atoms in total. The maximum atomic E-state index is 12.2. The number of fused-ring (bicyclic) bond motifs is 1. The average molecular weight is 336 g/mol. The second-order valence-electron chi connectivity index (χ2n) is 6.48. The van der Waals surface area contributed by atoms with Gasteiger partial charge < -0.3 is 10.2 Å². The van der Waals surface area contributed by atoms with Gasteiger partial charge in [-0.25, -0.2) is 0 Å². The molecule has 1 aliphatic rings. The number of benzene rings is 2. The molecule has 1 heterocycles. The van der Waals surface area contributed by atoms with Crippen molar-refractivity contribution in [1.29, 1.82) is 0 Å². The van der Waals surface area contributed by atoms with E-state index in [4.69, 9.17) is 0 Å². The first-order valence-corrected chi connectivity index (χ1v) is 8.85. The molecule has 0 unspecified atom stereocenters. The van der Waals surface area contributed by atoms with E-state index in [2.05, 4.69) is 36.5 Å². The van der Waals surface area contributed by atoms with Crippen LogP contribution in [0, 0.1) is 0 Å². The molecule has 0 atom stereocenters. The normalized spacial score (nSPS) is 12.8. The number of amides is 2. The van der Waals surface area contributed by atoms with Gasteiger partial charge in [-0.05, 0) is 54.2 Å². The van der Waals surface area contributed by atoms with Gasteiger partial charge in [-0.3, -0.25) is 9.59 Å². The zero-order chi connectivity index (χ0) is 17.8. The highest BCUT2D eigenvalue weighted by Crippen LogP contribution is 2.30. The second kappa shape index (κ2) is 7.51. The van der Waals surface area contributed by atoms with Gasteiger partial charge in [0.2, 0.25) is 11.8 Å². The largest absolute Gasteiger partial charge is 0.326 e. The van der Waals surface area contributed by atoms with Crippen molar-refractivity contribution in [3.05, 3.63) is 59.2 Å². The Morgan fingerprint density at radius 3 is 2.48 bits per heavy atom. The lowest BCUT2D eigenvalue weighted by Crippen LogP contribution is -2.25. The summed E-state index contributed by atoms with van der Waals surface area (Å²) < 4.78 is 0. The van der Waals surface area contributed by atoms with Crippen molar-refractivity contribution in [2.45, 2.75) is 39.5 Å². The molecule has 0 aromatic heterocycles. The fraction of sp³-hybridized carbons (Fsp3) is 0.333. The van der Waals surface area contributed by atoms with E-state index in [1.54, 1.807) is 11.8 Å². The summed E-state index contributed by atoms with van der Waals surface area (Å²) in [5.74, 6) is 0.0746. The molecule has 2 amide bonds. The minimum atomic E-state index is 0.0148. The average Bonchev–Trinajstić information content (AvgIpc) is 3.04. The number of carbonyl (C=O) groups is 2. The van der Waals surface area contributed by atoms with E-state index < -0.39 is 0 Å². The van der Waals surface area contributed by atoms with Gasteiger partial charge in [-0.2, -0.15) is 0 Å². The second-order valence-corrected chi connectivity index (χ2v) is 6.48. The van der Waals surface area contributed by atoms with Crippen molar-refractivity contribution in [2.75, 3.05) is 16.8 Å². The van der Waals surface area contributed by atoms with Crippen LogP contribution in [0.4, 0.5) is 11.4 Å². The standard InChI is InChI=1S/C21H24N2O2/c1-3-16-4-6-17(7-5-16)8-11-21(25)22-19-9-10-20-18(14-19)12-13-23(20)15(2)24/h4-7,9-10,14H,3,8,11-13H2,1-2H3,(H,22,25). The third-order valence-electron chi connectivity index (χ3n) is 4.71. The van der Waals surface area contributed by atoms with Gasteiger partial charge in [0.25, 0.3) is 0 Å². The molecule has 0 saturated carbocycles. The number of rotatable bonds is 5. The summed E-state index contributed by atoms with van der Waals surface area (Å²) in [7, 11) is 0. The van der Waals surface area contributed by atoms with E-state index in [0.29, 0.717) is 6.42 Å². The molecule has 0 spiro atoms. The van der Waals surface area contributed by atoms with Crippen molar-refractivity contribution in [2.24, 2.45) is 0 Å². The van der Waals surface area contributed by atoms with Gasteiger partial charge in [0.05, 0.1) is 0 Å². The lowest BCUT2D eigenvalue weighted by molar-refractivity contribution is -0.117. The number of nitrogens with zero attached hydrogens (tertiary/aromatic N) is 1. The van der Waals surface area contributed by atoms with Gasteiger partial charge in [0.15, 0.2) is 0 Å². The van der Waals surface area contributed by atoms with Crippen molar-refractivity contribution < 1.29 is 9.59 Å². The van der Waals surface area contributed by atoms with E-state index in [1.165, 1.54) is 11.1 Å². The summed E-state index contributed by atoms with van der Waals surface area (Å²) in [6, 6.07) is 14.2. The predicted octanol–water partition coefficient (Wildman–Crippen LogP) is 3.73. The Labute approximate surface area is 148 Å². The lowest BCUT2D eigenvalue weighted by atomic mass is 10.1. The number of nitrogens with one attached hydrogen (secondary N) is 1. The third-order valence-corrected chi connectivity index (χ3v) is 4.71. The molecule has 25 heavy (non-hydrogen) atoms. The van der Waals surface area contributed by atoms with Crippen LogP contribution >= 0.6 is 0 Å². The fourth-order valence-corrected chi connectivity index (χ4v) is 3.23. The molecule has 130 valence electrons. The van der Waals surface area contributed by atoms with Gasteiger partial charge in [-0.15, -0.1) is 0 Å². The highest BCUT2D eigenvalue weighted by Gasteiger charge is 2.22. The van der Waals surface area contributed by atoms with E-state index in [1.807, 2.05) is 18.2 Å². The summed E-state index contributed by atoms with van der Waals surface area (Å²) in [4.78, 5) is 25.6. The maximum absolute atomic E-state index is 12.2. The summed E-state index contributed by atoms with van der Waals surface area (Å²) in [6.07, 6.45) is 3.06. The molecule has 3 rings (SSSR count). The van der Waals surface area contributed by atoms with E-state index in [9.17, 15) is 9.59 Å². The first kappa shape index (κ1) is 17.2. The Balaban J connectivity index is 1.57. The Hall–Kier alpha value is -2.62. The highest BCUT2D eigenvalue weighted by atomic mass is 16.2. The molecule has 1 aliphatic heterocycles. The van der Waals surface area contributed by atoms with Crippen LogP contribution in [0.15, 0.2) is 42.5 Å². The lowest BCUT2D eigenvalue weighted by Gasteiger charge is -2.15. The third kappa shape index (κ3) is 4.08. The van der Waals surface area contributed by atoms with Crippen LogP contribution in [-0.4, -0.2) is 18.4 Å². The number of carbonyl (C=O) groups excluding carboxylic acids is 2. The molecule has 1 N–H and O–H groups in total. The molecular formula is C21H24N2O2. The number of anilines is 2. The number of aryl methyl sites for hydroxylation is 2. The van der Waals surface area contributed by atoms with Crippen molar-refractivity contribution >= 4 is 23.2 Å². The Morgan fingerprint density at radius 2 is 1.80 bits per heavy atom. The van der Waals surface area contributed by atoms with Crippen LogP contribution in [0.3, 0.4) is 0 Å². The summed E-state index contributed by atoms with van der Waals surface area (Å²) in [5.41, 5.74) is 5.37. The van der Waals surface area contributed by atoms with Crippen molar-refractivity contribution in [1.82, 2.24) is 0 Å². The predicted molar refractivity (Wildman–Crippen MR) is 101 cm³/mol. The Morgan fingerprint density at radius 1 is 1.08 bits per heavy atom. The molecule has 2 aromatic carbocycles. The zero-order valence-corrected chi connectivity index (χ0v) is 14.8. The van der Waals surface area contributed by atoms with Crippen LogP contribution in [0.25, 0.3) is 0 Å². The van der Waals surface area contributed by atoms with Crippen LogP contribution < -0.4 is 10.2 Å². The van der Waals surface area contributed by atoms with Gasteiger partial charge >= 0.3 is 0 Å². The van der Waals surface area contributed by atoms with Gasteiger partial charge in [-0.1, -0.05) is 31.2 Å². The molecule has 0 bridgehead atoms. The van der Waals surface area contributed by atoms with Gasteiger partial charge in [0.1, 0.15) is 0 Å². The SMILES string of the molecule is CCc1ccc(CCC(=O)Nc2ccc3c(c2)CCN3C(C)=O)cc1. The molecule has 0 fully saturated rings. The fourth-order valence-electron chi connectivity index (χ4n) is 3.23. The van der Waals surface area contributed by atoms with E-state index in [-0.39, 0.29) is 11.8 Å². The first-order valence-electron chi connectivity index (χ1n) is 8.85. The Bertz CT molecular complexity index is 781. The first-order chi connectivity index (χ1) is 12.1.